The topological polar surface area (TPSA) is 54.6 Å². The number of aryl methyl sites for hydroxylation is 1. The second-order valence-electron chi connectivity index (χ2n) is 3.38. The Morgan fingerprint density at radius 3 is 2.88 bits per heavy atom. The predicted molar refractivity (Wildman–Crippen MR) is 66.3 cm³/mol. The molecule has 6 heteroatoms. The van der Waals surface area contributed by atoms with Crippen molar-refractivity contribution in [3.05, 3.63) is 45.2 Å². The molecule has 0 aliphatic rings. The lowest BCUT2D eigenvalue weighted by molar-refractivity contribution is 0.0998. The van der Waals surface area contributed by atoms with Crippen LogP contribution in [0.25, 0.3) is 0 Å². The Hall–Kier alpha value is -1.59. The van der Waals surface area contributed by atoms with Crippen molar-refractivity contribution in [1.82, 2.24) is 4.57 Å². The SMILES string of the molecule is Cn1ccsc1=NC(=O)c1ccc(O)c(Cl)c1. The van der Waals surface area contributed by atoms with Gasteiger partial charge in [0, 0.05) is 24.2 Å². The van der Waals surface area contributed by atoms with E-state index in [0.717, 1.165) is 0 Å². The van der Waals surface area contributed by atoms with Crippen molar-refractivity contribution in [2.45, 2.75) is 0 Å². The van der Waals surface area contributed by atoms with E-state index in [1.807, 2.05) is 18.6 Å². The summed E-state index contributed by atoms with van der Waals surface area (Å²) in [7, 11) is 1.81. The molecule has 0 unspecified atom stereocenters. The van der Waals surface area contributed by atoms with Crippen molar-refractivity contribution in [3.8, 4) is 5.75 Å². The van der Waals surface area contributed by atoms with Gasteiger partial charge in [0.15, 0.2) is 4.80 Å². The van der Waals surface area contributed by atoms with Gasteiger partial charge in [-0.05, 0) is 18.2 Å². The maximum Gasteiger partial charge on any atom is 0.279 e. The van der Waals surface area contributed by atoms with Gasteiger partial charge in [0.1, 0.15) is 5.75 Å². The van der Waals surface area contributed by atoms with Crippen molar-refractivity contribution < 1.29 is 9.90 Å². The third kappa shape index (κ3) is 2.57. The first-order chi connectivity index (χ1) is 8.08. The van der Waals surface area contributed by atoms with E-state index in [1.165, 1.54) is 29.5 Å². The maximum atomic E-state index is 11.8. The first-order valence-corrected chi connectivity index (χ1v) is 6.01. The first-order valence-electron chi connectivity index (χ1n) is 4.75. The molecular formula is C11H9ClN2O2S. The smallest absolute Gasteiger partial charge is 0.279 e. The van der Waals surface area contributed by atoms with Gasteiger partial charge >= 0.3 is 0 Å². The second kappa shape index (κ2) is 4.73. The van der Waals surface area contributed by atoms with Gasteiger partial charge in [0.25, 0.3) is 5.91 Å². The van der Waals surface area contributed by atoms with E-state index in [-0.39, 0.29) is 16.7 Å². The Bertz CT molecular complexity index is 630. The summed E-state index contributed by atoms with van der Waals surface area (Å²) in [6.45, 7) is 0. The highest BCUT2D eigenvalue weighted by Crippen LogP contribution is 2.23. The third-order valence-electron chi connectivity index (χ3n) is 2.15. The molecule has 0 atom stereocenters. The summed E-state index contributed by atoms with van der Waals surface area (Å²) < 4.78 is 1.75. The van der Waals surface area contributed by atoms with Gasteiger partial charge in [0.05, 0.1) is 5.02 Å². The molecule has 0 saturated carbocycles. The number of benzene rings is 1. The van der Waals surface area contributed by atoms with E-state index >= 15 is 0 Å². The zero-order chi connectivity index (χ0) is 12.4. The van der Waals surface area contributed by atoms with E-state index in [2.05, 4.69) is 4.99 Å². The molecule has 2 rings (SSSR count). The molecule has 1 N–H and O–H groups in total. The Morgan fingerprint density at radius 2 is 2.29 bits per heavy atom. The number of thiazole rings is 1. The van der Waals surface area contributed by atoms with Crippen LogP contribution in [0, 0.1) is 0 Å². The minimum absolute atomic E-state index is 0.0510. The molecule has 0 saturated heterocycles. The van der Waals surface area contributed by atoms with Crippen LogP contribution in [0.4, 0.5) is 0 Å². The number of halogens is 1. The van der Waals surface area contributed by atoms with E-state index in [1.54, 1.807) is 4.57 Å². The fourth-order valence-corrected chi connectivity index (χ4v) is 2.13. The van der Waals surface area contributed by atoms with Crippen LogP contribution in [0.1, 0.15) is 10.4 Å². The van der Waals surface area contributed by atoms with Gasteiger partial charge in [-0.1, -0.05) is 11.6 Å². The van der Waals surface area contributed by atoms with Crippen LogP contribution in [0.3, 0.4) is 0 Å². The average Bonchev–Trinajstić information content (AvgIpc) is 2.68. The summed E-state index contributed by atoms with van der Waals surface area (Å²) in [4.78, 5) is 16.4. The van der Waals surface area contributed by atoms with Gasteiger partial charge in [0.2, 0.25) is 0 Å². The highest BCUT2D eigenvalue weighted by atomic mass is 35.5. The molecule has 0 fully saturated rings. The minimum Gasteiger partial charge on any atom is -0.506 e. The number of carbonyl (C=O) groups is 1. The molecule has 17 heavy (non-hydrogen) atoms. The number of phenols is 1. The molecular weight excluding hydrogens is 260 g/mol. The monoisotopic (exact) mass is 268 g/mol. The lowest BCUT2D eigenvalue weighted by atomic mass is 10.2. The summed E-state index contributed by atoms with van der Waals surface area (Å²) in [5, 5.41) is 11.2. The zero-order valence-corrected chi connectivity index (χ0v) is 10.5. The number of rotatable bonds is 1. The van der Waals surface area contributed by atoms with Crippen LogP contribution in [0.2, 0.25) is 5.02 Å². The van der Waals surface area contributed by atoms with Gasteiger partial charge in [-0.25, -0.2) is 0 Å². The highest BCUT2D eigenvalue weighted by molar-refractivity contribution is 7.07. The van der Waals surface area contributed by atoms with E-state index in [9.17, 15) is 9.90 Å². The van der Waals surface area contributed by atoms with Gasteiger partial charge in [-0.3, -0.25) is 4.79 Å². The fraction of sp³-hybridized carbons (Fsp3) is 0.0909. The van der Waals surface area contributed by atoms with Gasteiger partial charge < -0.3 is 9.67 Å². The maximum absolute atomic E-state index is 11.8. The Labute approximate surface area is 106 Å². The van der Waals surface area contributed by atoms with E-state index < -0.39 is 0 Å². The molecule has 0 aliphatic heterocycles. The summed E-state index contributed by atoms with van der Waals surface area (Å²) in [5.41, 5.74) is 0.348. The van der Waals surface area contributed by atoms with Crippen LogP contribution in [0.5, 0.6) is 5.75 Å². The van der Waals surface area contributed by atoms with E-state index in [4.69, 9.17) is 11.6 Å². The normalized spacial score (nSPS) is 11.8. The number of carbonyl (C=O) groups excluding carboxylic acids is 1. The predicted octanol–water partition coefficient (Wildman–Crippen LogP) is 2.19. The van der Waals surface area contributed by atoms with Crippen molar-refractivity contribution in [3.63, 3.8) is 0 Å². The van der Waals surface area contributed by atoms with Crippen molar-refractivity contribution in [1.29, 1.82) is 0 Å². The molecule has 0 bridgehead atoms. The minimum atomic E-state index is -0.384. The molecule has 1 amide bonds. The number of phenolic OH excluding ortho intramolecular Hbond substituents is 1. The van der Waals surface area contributed by atoms with Crippen LogP contribution in [-0.4, -0.2) is 15.6 Å². The second-order valence-corrected chi connectivity index (χ2v) is 4.66. The van der Waals surface area contributed by atoms with Crippen molar-refractivity contribution >= 4 is 28.8 Å². The first kappa shape index (κ1) is 11.9. The summed E-state index contributed by atoms with van der Waals surface area (Å²) in [6.07, 6.45) is 1.82. The Balaban J connectivity index is 2.39. The van der Waals surface area contributed by atoms with Crippen molar-refractivity contribution in [2.24, 2.45) is 12.0 Å². The average molecular weight is 269 g/mol. The zero-order valence-electron chi connectivity index (χ0n) is 8.92. The summed E-state index contributed by atoms with van der Waals surface area (Å²) in [6, 6.07) is 4.26. The summed E-state index contributed by atoms with van der Waals surface area (Å²) >= 11 is 7.10. The molecule has 0 aliphatic carbocycles. The van der Waals surface area contributed by atoms with Crippen LogP contribution in [0.15, 0.2) is 34.8 Å². The molecule has 1 aromatic carbocycles. The Kier molecular flexibility index (Phi) is 3.31. The number of aromatic nitrogens is 1. The molecule has 2 aromatic rings. The van der Waals surface area contributed by atoms with Gasteiger partial charge in [-0.15, -0.1) is 11.3 Å². The third-order valence-corrected chi connectivity index (χ3v) is 3.30. The van der Waals surface area contributed by atoms with Crippen molar-refractivity contribution in [2.75, 3.05) is 0 Å². The van der Waals surface area contributed by atoms with Gasteiger partial charge in [-0.2, -0.15) is 4.99 Å². The van der Waals surface area contributed by atoms with E-state index in [0.29, 0.717) is 10.4 Å². The summed E-state index contributed by atoms with van der Waals surface area (Å²) in [5.74, 6) is -0.435. The highest BCUT2D eigenvalue weighted by Gasteiger charge is 2.07. The number of hydrogen-bond donors (Lipinski definition) is 1. The molecule has 1 heterocycles. The molecule has 88 valence electrons. The molecule has 0 spiro atoms. The van der Waals surface area contributed by atoms with Crippen LogP contribution >= 0.6 is 22.9 Å². The number of aromatic hydroxyl groups is 1. The number of nitrogens with zero attached hydrogens (tertiary/aromatic N) is 2. The lowest BCUT2D eigenvalue weighted by Crippen LogP contribution is -2.12. The van der Waals surface area contributed by atoms with Crippen LogP contribution < -0.4 is 4.80 Å². The largest absolute Gasteiger partial charge is 0.506 e. The van der Waals surface area contributed by atoms with Crippen LogP contribution in [-0.2, 0) is 7.05 Å². The quantitative estimate of drug-likeness (QED) is 0.862. The molecule has 1 aromatic heterocycles. The lowest BCUT2D eigenvalue weighted by Gasteiger charge is -1.98. The Morgan fingerprint density at radius 1 is 1.53 bits per heavy atom. The number of amides is 1. The standard InChI is InChI=1S/C11H9ClN2O2S/c1-14-4-5-17-11(14)13-10(16)7-2-3-9(15)8(12)6-7/h2-6,15H,1H3. The number of hydrogen-bond acceptors (Lipinski definition) is 3. The fourth-order valence-electron chi connectivity index (χ4n) is 1.23. The molecule has 0 radical (unpaired) electrons. The molecule has 4 nitrogen and oxygen atoms in total.